The molecule has 0 heterocycles. The number of aromatic hydroxyl groups is 1. The Morgan fingerprint density at radius 3 is 2.46 bits per heavy atom. The lowest BCUT2D eigenvalue weighted by molar-refractivity contribution is -0.384. The molecular weight excluding hydrogens is 397 g/mol. The van der Waals surface area contributed by atoms with Crippen molar-refractivity contribution in [1.82, 2.24) is 0 Å². The number of anilines is 1. The summed E-state index contributed by atoms with van der Waals surface area (Å²) in [6.07, 6.45) is -4.63. The van der Waals surface area contributed by atoms with Crippen molar-refractivity contribution in [2.45, 2.75) is 6.18 Å². The first kappa shape index (κ1) is 17.7. The topological polar surface area (TPSA) is 92.5 Å². The fourth-order valence-corrected chi connectivity index (χ4v) is 2.31. The van der Waals surface area contributed by atoms with Crippen molar-refractivity contribution >= 4 is 33.2 Å². The second-order valence-corrected chi connectivity index (χ2v) is 5.46. The van der Waals surface area contributed by atoms with E-state index in [9.17, 15) is 33.2 Å². The molecule has 126 valence electrons. The molecule has 2 aromatic carbocycles. The van der Waals surface area contributed by atoms with Gasteiger partial charge in [-0.3, -0.25) is 14.9 Å². The molecule has 0 unspecified atom stereocenters. The molecular formula is C14H8BrF3N2O4. The van der Waals surface area contributed by atoms with Gasteiger partial charge < -0.3 is 10.4 Å². The minimum absolute atomic E-state index is 0.179. The largest absolute Gasteiger partial charge is 0.507 e. The molecule has 2 N–H and O–H groups in total. The number of nitro benzene ring substituents is 1. The summed E-state index contributed by atoms with van der Waals surface area (Å²) >= 11 is 2.77. The van der Waals surface area contributed by atoms with E-state index in [-0.39, 0.29) is 10.2 Å². The van der Waals surface area contributed by atoms with Gasteiger partial charge >= 0.3 is 6.18 Å². The van der Waals surface area contributed by atoms with E-state index in [2.05, 4.69) is 21.2 Å². The van der Waals surface area contributed by atoms with E-state index in [0.29, 0.717) is 6.07 Å². The summed E-state index contributed by atoms with van der Waals surface area (Å²) in [6, 6.07) is 5.80. The number of alkyl halides is 3. The Balaban J connectivity index is 2.34. The lowest BCUT2D eigenvalue weighted by Gasteiger charge is -2.12. The zero-order valence-electron chi connectivity index (χ0n) is 11.6. The molecule has 0 fully saturated rings. The quantitative estimate of drug-likeness (QED) is 0.587. The number of nitrogens with zero attached hydrogens (tertiary/aromatic N) is 1. The second-order valence-electron chi connectivity index (χ2n) is 4.61. The van der Waals surface area contributed by atoms with E-state index in [1.807, 2.05) is 0 Å². The van der Waals surface area contributed by atoms with E-state index < -0.39 is 39.6 Å². The Labute approximate surface area is 141 Å². The zero-order valence-corrected chi connectivity index (χ0v) is 13.2. The van der Waals surface area contributed by atoms with Crippen LogP contribution in [0.5, 0.6) is 5.75 Å². The molecule has 0 radical (unpaired) electrons. The molecule has 6 nitrogen and oxygen atoms in total. The number of carbonyl (C=O) groups is 1. The van der Waals surface area contributed by atoms with Gasteiger partial charge in [-0.1, -0.05) is 15.9 Å². The molecule has 0 aromatic heterocycles. The Bertz CT molecular complexity index is 824. The highest BCUT2D eigenvalue weighted by Gasteiger charge is 2.33. The first-order valence-corrected chi connectivity index (χ1v) is 7.04. The number of halogens is 4. The Morgan fingerprint density at radius 2 is 1.88 bits per heavy atom. The third kappa shape index (κ3) is 3.82. The molecule has 0 saturated carbocycles. The average molecular weight is 405 g/mol. The number of rotatable bonds is 3. The van der Waals surface area contributed by atoms with Crippen LogP contribution in [-0.2, 0) is 6.18 Å². The van der Waals surface area contributed by atoms with Crippen molar-refractivity contribution < 1.29 is 28.0 Å². The van der Waals surface area contributed by atoms with Gasteiger partial charge in [0, 0.05) is 22.3 Å². The molecule has 1 amide bonds. The van der Waals surface area contributed by atoms with Gasteiger partial charge in [-0.2, -0.15) is 13.2 Å². The third-order valence-corrected chi connectivity index (χ3v) is 3.66. The van der Waals surface area contributed by atoms with Gasteiger partial charge in [-0.15, -0.1) is 0 Å². The summed E-state index contributed by atoms with van der Waals surface area (Å²) in [6.45, 7) is 0. The highest BCUT2D eigenvalue weighted by Crippen LogP contribution is 2.36. The molecule has 10 heteroatoms. The monoisotopic (exact) mass is 404 g/mol. The number of non-ortho nitro benzene ring substituents is 1. The molecule has 0 aliphatic carbocycles. The molecule has 2 rings (SSSR count). The maximum Gasteiger partial charge on any atom is 0.417 e. The van der Waals surface area contributed by atoms with E-state index in [4.69, 9.17) is 0 Å². The summed E-state index contributed by atoms with van der Waals surface area (Å²) in [4.78, 5) is 22.0. The van der Waals surface area contributed by atoms with Crippen LogP contribution in [0.4, 0.5) is 24.5 Å². The van der Waals surface area contributed by atoms with Crippen molar-refractivity contribution in [3.05, 3.63) is 62.1 Å². The van der Waals surface area contributed by atoms with Gasteiger partial charge in [-0.25, -0.2) is 0 Å². The minimum atomic E-state index is -4.63. The van der Waals surface area contributed by atoms with Crippen LogP contribution in [0.25, 0.3) is 0 Å². The number of amides is 1. The van der Waals surface area contributed by atoms with Gasteiger partial charge in [0.1, 0.15) is 5.75 Å². The Morgan fingerprint density at radius 1 is 1.21 bits per heavy atom. The molecule has 24 heavy (non-hydrogen) atoms. The number of hydrogen-bond acceptors (Lipinski definition) is 4. The molecule has 0 bridgehead atoms. The lowest BCUT2D eigenvalue weighted by atomic mass is 10.1. The SMILES string of the molecule is O=C(Nc1ccc(Br)c(C(F)(F)F)c1)c1cc([N+](=O)[O-])ccc1O. The first-order chi connectivity index (χ1) is 11.1. The van der Waals surface area contributed by atoms with Gasteiger partial charge in [0.25, 0.3) is 11.6 Å². The number of carbonyl (C=O) groups excluding carboxylic acids is 1. The normalized spacial score (nSPS) is 11.2. The highest BCUT2D eigenvalue weighted by molar-refractivity contribution is 9.10. The van der Waals surface area contributed by atoms with E-state index in [0.717, 1.165) is 24.3 Å². The predicted octanol–water partition coefficient (Wildman–Crippen LogP) is 4.33. The van der Waals surface area contributed by atoms with Gasteiger partial charge in [0.05, 0.1) is 16.1 Å². The minimum Gasteiger partial charge on any atom is -0.507 e. The zero-order chi connectivity index (χ0) is 18.1. The summed E-state index contributed by atoms with van der Waals surface area (Å²) in [5.41, 5.74) is -2.05. The number of nitrogens with one attached hydrogen (secondary N) is 1. The molecule has 2 aromatic rings. The summed E-state index contributed by atoms with van der Waals surface area (Å²) in [5, 5.41) is 22.5. The first-order valence-electron chi connectivity index (χ1n) is 6.25. The highest BCUT2D eigenvalue weighted by atomic mass is 79.9. The van der Waals surface area contributed by atoms with Crippen LogP contribution in [0.1, 0.15) is 15.9 Å². The molecule has 0 spiro atoms. The fourth-order valence-electron chi connectivity index (χ4n) is 1.84. The van der Waals surface area contributed by atoms with Crippen LogP contribution in [-0.4, -0.2) is 15.9 Å². The van der Waals surface area contributed by atoms with Crippen LogP contribution in [0, 0.1) is 10.1 Å². The fraction of sp³-hybridized carbons (Fsp3) is 0.0714. The van der Waals surface area contributed by atoms with E-state index >= 15 is 0 Å². The van der Waals surface area contributed by atoms with E-state index in [1.54, 1.807) is 0 Å². The van der Waals surface area contributed by atoms with E-state index in [1.165, 1.54) is 6.07 Å². The van der Waals surface area contributed by atoms with Gasteiger partial charge in [-0.05, 0) is 24.3 Å². The van der Waals surface area contributed by atoms with Crippen molar-refractivity contribution in [3.63, 3.8) is 0 Å². The maximum atomic E-state index is 12.8. The summed E-state index contributed by atoms with van der Waals surface area (Å²) in [5.74, 6) is -1.52. The summed E-state index contributed by atoms with van der Waals surface area (Å²) < 4.78 is 38.3. The standard InChI is InChI=1S/C14H8BrF3N2O4/c15-11-3-1-7(5-10(11)14(16,17)18)19-13(22)9-6-8(20(23)24)2-4-12(9)21/h1-6,21H,(H,19,22). The number of hydrogen-bond donors (Lipinski definition) is 2. The summed E-state index contributed by atoms with van der Waals surface area (Å²) in [7, 11) is 0. The molecule has 0 saturated heterocycles. The van der Waals surface area contributed by atoms with Gasteiger partial charge in [0.2, 0.25) is 0 Å². The van der Waals surface area contributed by atoms with Crippen LogP contribution in [0.15, 0.2) is 40.9 Å². The molecule has 0 aliphatic heterocycles. The number of phenols is 1. The molecule has 0 aliphatic rings. The smallest absolute Gasteiger partial charge is 0.417 e. The number of nitro groups is 1. The predicted molar refractivity (Wildman–Crippen MR) is 81.9 cm³/mol. The second kappa shape index (κ2) is 6.48. The van der Waals surface area contributed by atoms with Crippen LogP contribution in [0.2, 0.25) is 0 Å². The Hall–Kier alpha value is -2.62. The lowest BCUT2D eigenvalue weighted by Crippen LogP contribution is -2.14. The van der Waals surface area contributed by atoms with Crippen molar-refractivity contribution in [2.24, 2.45) is 0 Å². The van der Waals surface area contributed by atoms with Crippen molar-refractivity contribution in [1.29, 1.82) is 0 Å². The van der Waals surface area contributed by atoms with Crippen LogP contribution in [0.3, 0.4) is 0 Å². The van der Waals surface area contributed by atoms with Crippen LogP contribution < -0.4 is 5.32 Å². The van der Waals surface area contributed by atoms with Gasteiger partial charge in [0.15, 0.2) is 0 Å². The van der Waals surface area contributed by atoms with Crippen LogP contribution >= 0.6 is 15.9 Å². The average Bonchev–Trinajstić information content (AvgIpc) is 2.48. The number of benzene rings is 2. The number of phenolic OH excluding ortho intramolecular Hbond substituents is 1. The van der Waals surface area contributed by atoms with Crippen molar-refractivity contribution in [3.8, 4) is 5.75 Å². The van der Waals surface area contributed by atoms with Crippen molar-refractivity contribution in [2.75, 3.05) is 5.32 Å². The molecule has 0 atom stereocenters. The maximum absolute atomic E-state index is 12.8. The Kier molecular flexibility index (Phi) is 4.78. The third-order valence-electron chi connectivity index (χ3n) is 2.97.